The van der Waals surface area contributed by atoms with Gasteiger partial charge in [-0.25, -0.2) is 0 Å². The van der Waals surface area contributed by atoms with Crippen LogP contribution in [0.2, 0.25) is 0 Å². The largest absolute Gasteiger partial charge is 0.300 e. The van der Waals surface area contributed by atoms with Crippen molar-refractivity contribution in [3.8, 4) is 0 Å². The number of hydrogen-bond acceptors (Lipinski definition) is 3. The summed E-state index contributed by atoms with van der Waals surface area (Å²) in [7, 11) is 0. The molecule has 1 aromatic rings. The van der Waals surface area contributed by atoms with Crippen LogP contribution >= 0.6 is 0 Å². The van der Waals surface area contributed by atoms with E-state index in [1.807, 2.05) is 30.3 Å². The van der Waals surface area contributed by atoms with E-state index in [1.165, 1.54) is 6.92 Å². The van der Waals surface area contributed by atoms with E-state index >= 15 is 0 Å². The second kappa shape index (κ2) is 5.25. The fourth-order valence-electron chi connectivity index (χ4n) is 2.52. The maximum atomic E-state index is 12.3. The highest BCUT2D eigenvalue weighted by Gasteiger charge is 2.38. The van der Waals surface area contributed by atoms with Crippen molar-refractivity contribution in [1.82, 2.24) is 0 Å². The minimum Gasteiger partial charge on any atom is -0.300 e. The van der Waals surface area contributed by atoms with Crippen molar-refractivity contribution in [1.29, 1.82) is 0 Å². The van der Waals surface area contributed by atoms with Gasteiger partial charge in [-0.2, -0.15) is 0 Å². The Morgan fingerprint density at radius 3 is 2.50 bits per heavy atom. The van der Waals surface area contributed by atoms with Gasteiger partial charge in [-0.1, -0.05) is 30.3 Å². The molecule has 0 amide bonds. The molecule has 2 atom stereocenters. The quantitative estimate of drug-likeness (QED) is 0.766. The van der Waals surface area contributed by atoms with Crippen molar-refractivity contribution in [2.24, 2.45) is 5.92 Å². The fourth-order valence-corrected chi connectivity index (χ4v) is 2.52. The molecule has 1 aromatic carbocycles. The van der Waals surface area contributed by atoms with Crippen molar-refractivity contribution in [3.63, 3.8) is 0 Å². The topological polar surface area (TPSA) is 51.2 Å². The number of carbonyl (C=O) groups excluding carboxylic acids is 3. The Morgan fingerprint density at radius 1 is 1.22 bits per heavy atom. The van der Waals surface area contributed by atoms with E-state index in [0.29, 0.717) is 12.8 Å². The smallest absolute Gasteiger partial charge is 0.151 e. The molecule has 0 spiro atoms. The van der Waals surface area contributed by atoms with Crippen molar-refractivity contribution in [2.45, 2.75) is 32.1 Å². The van der Waals surface area contributed by atoms with Crippen LogP contribution < -0.4 is 0 Å². The Kier molecular flexibility index (Phi) is 3.70. The van der Waals surface area contributed by atoms with Crippen molar-refractivity contribution in [3.05, 3.63) is 35.9 Å². The molecule has 94 valence electrons. The van der Waals surface area contributed by atoms with Crippen LogP contribution in [0.5, 0.6) is 0 Å². The first-order chi connectivity index (χ1) is 8.59. The number of carbonyl (C=O) groups is 3. The van der Waals surface area contributed by atoms with Gasteiger partial charge < -0.3 is 0 Å². The minimum absolute atomic E-state index is 0.0565. The number of Topliss-reactive ketones (excluding diaryl/α,β-unsaturated/α-hetero) is 3. The van der Waals surface area contributed by atoms with Gasteiger partial charge in [0, 0.05) is 18.8 Å². The third-order valence-electron chi connectivity index (χ3n) is 3.45. The van der Waals surface area contributed by atoms with Gasteiger partial charge in [-0.15, -0.1) is 0 Å². The van der Waals surface area contributed by atoms with Crippen LogP contribution in [0, 0.1) is 5.92 Å². The van der Waals surface area contributed by atoms with Gasteiger partial charge in [-0.05, 0) is 18.9 Å². The van der Waals surface area contributed by atoms with E-state index in [-0.39, 0.29) is 29.7 Å². The maximum absolute atomic E-state index is 12.3. The standard InChI is InChI=1S/C15H16O3/c1-10(16)9-13-14(17)8-7-12(15(13)18)11-5-3-2-4-6-11/h2-6,12-13H,7-9H2,1H3. The highest BCUT2D eigenvalue weighted by atomic mass is 16.2. The van der Waals surface area contributed by atoms with Gasteiger partial charge in [-0.3, -0.25) is 14.4 Å². The van der Waals surface area contributed by atoms with Crippen LogP contribution in [-0.2, 0) is 14.4 Å². The summed E-state index contributed by atoms with van der Waals surface area (Å²) in [6.07, 6.45) is 1.01. The third kappa shape index (κ3) is 2.55. The molecule has 0 aromatic heterocycles. The number of ketones is 3. The molecule has 0 heterocycles. The molecule has 0 bridgehead atoms. The SMILES string of the molecule is CC(=O)CC1C(=O)CCC(c2ccccc2)C1=O. The zero-order chi connectivity index (χ0) is 13.1. The normalized spacial score (nSPS) is 24.1. The molecule has 2 unspecified atom stereocenters. The number of hydrogen-bond donors (Lipinski definition) is 0. The van der Waals surface area contributed by atoms with E-state index in [9.17, 15) is 14.4 Å². The summed E-state index contributed by atoms with van der Waals surface area (Å²) < 4.78 is 0. The summed E-state index contributed by atoms with van der Waals surface area (Å²) in [5.41, 5.74) is 0.948. The van der Waals surface area contributed by atoms with Crippen LogP contribution in [-0.4, -0.2) is 17.3 Å². The van der Waals surface area contributed by atoms with Crippen LogP contribution in [0.4, 0.5) is 0 Å². The molecule has 1 aliphatic carbocycles. The molecule has 0 saturated heterocycles. The average molecular weight is 244 g/mol. The van der Waals surface area contributed by atoms with Crippen LogP contribution in [0.3, 0.4) is 0 Å². The Bertz CT molecular complexity index is 476. The van der Waals surface area contributed by atoms with Crippen molar-refractivity contribution >= 4 is 17.3 Å². The van der Waals surface area contributed by atoms with Crippen molar-refractivity contribution in [2.75, 3.05) is 0 Å². The molecule has 18 heavy (non-hydrogen) atoms. The Balaban J connectivity index is 2.22. The summed E-state index contributed by atoms with van der Waals surface area (Å²) in [5, 5.41) is 0. The van der Waals surface area contributed by atoms with Gasteiger partial charge in [0.15, 0.2) is 5.78 Å². The van der Waals surface area contributed by atoms with Gasteiger partial charge >= 0.3 is 0 Å². The molecule has 1 aliphatic rings. The van der Waals surface area contributed by atoms with Crippen LogP contribution in [0.1, 0.15) is 37.7 Å². The monoisotopic (exact) mass is 244 g/mol. The second-order valence-corrected chi connectivity index (χ2v) is 4.83. The number of rotatable bonds is 3. The molecule has 0 aliphatic heterocycles. The Hall–Kier alpha value is -1.77. The average Bonchev–Trinajstić information content (AvgIpc) is 2.35. The summed E-state index contributed by atoms with van der Waals surface area (Å²) in [4.78, 5) is 35.2. The Morgan fingerprint density at radius 2 is 1.89 bits per heavy atom. The highest BCUT2D eigenvalue weighted by molar-refractivity contribution is 6.09. The van der Waals surface area contributed by atoms with Gasteiger partial charge in [0.05, 0.1) is 5.92 Å². The van der Waals surface area contributed by atoms with Crippen LogP contribution in [0.15, 0.2) is 30.3 Å². The first-order valence-electron chi connectivity index (χ1n) is 6.20. The molecule has 1 saturated carbocycles. The zero-order valence-electron chi connectivity index (χ0n) is 10.4. The molecule has 1 fully saturated rings. The van der Waals surface area contributed by atoms with E-state index < -0.39 is 5.92 Å². The molecule has 2 rings (SSSR count). The molecular formula is C15H16O3. The second-order valence-electron chi connectivity index (χ2n) is 4.83. The lowest BCUT2D eigenvalue weighted by Crippen LogP contribution is -2.35. The first kappa shape index (κ1) is 12.7. The van der Waals surface area contributed by atoms with E-state index in [4.69, 9.17) is 0 Å². The predicted molar refractivity (Wildman–Crippen MR) is 67.2 cm³/mol. The lowest BCUT2D eigenvalue weighted by Gasteiger charge is -2.26. The molecule has 3 heteroatoms. The summed E-state index contributed by atoms with van der Waals surface area (Å²) in [6.45, 7) is 1.42. The van der Waals surface area contributed by atoms with Gasteiger partial charge in [0.2, 0.25) is 0 Å². The summed E-state index contributed by atoms with van der Waals surface area (Å²) in [5.74, 6) is -1.22. The minimum atomic E-state index is -0.721. The van der Waals surface area contributed by atoms with E-state index in [1.54, 1.807) is 0 Å². The van der Waals surface area contributed by atoms with Crippen molar-refractivity contribution < 1.29 is 14.4 Å². The van der Waals surface area contributed by atoms with E-state index in [2.05, 4.69) is 0 Å². The lowest BCUT2D eigenvalue weighted by molar-refractivity contribution is -0.139. The van der Waals surface area contributed by atoms with Gasteiger partial charge in [0.25, 0.3) is 0 Å². The summed E-state index contributed by atoms with van der Waals surface area (Å²) >= 11 is 0. The highest BCUT2D eigenvalue weighted by Crippen LogP contribution is 2.32. The maximum Gasteiger partial charge on any atom is 0.151 e. The van der Waals surface area contributed by atoms with E-state index in [0.717, 1.165) is 5.56 Å². The molecular weight excluding hydrogens is 228 g/mol. The fraction of sp³-hybridized carbons (Fsp3) is 0.400. The third-order valence-corrected chi connectivity index (χ3v) is 3.45. The lowest BCUT2D eigenvalue weighted by atomic mass is 9.74. The summed E-state index contributed by atoms with van der Waals surface area (Å²) in [6, 6.07) is 9.49. The Labute approximate surface area is 106 Å². The predicted octanol–water partition coefficient (Wildman–Crippen LogP) is 2.30. The molecule has 0 N–H and O–H groups in total. The molecule has 3 nitrogen and oxygen atoms in total. The molecule has 0 radical (unpaired) electrons. The van der Waals surface area contributed by atoms with Crippen LogP contribution in [0.25, 0.3) is 0 Å². The van der Waals surface area contributed by atoms with Gasteiger partial charge in [0.1, 0.15) is 11.6 Å². The zero-order valence-corrected chi connectivity index (χ0v) is 10.4. The first-order valence-corrected chi connectivity index (χ1v) is 6.20. The number of benzene rings is 1.